The number of hydrogen-bond donors (Lipinski definition) is 0. The lowest BCUT2D eigenvalue weighted by Gasteiger charge is -2.20. The maximum atomic E-state index is 12.7. The molecular weight excluding hydrogens is 370 g/mol. The van der Waals surface area contributed by atoms with E-state index >= 15 is 0 Å². The van der Waals surface area contributed by atoms with E-state index in [9.17, 15) is 9.59 Å². The number of rotatable bonds is 6. The molecule has 0 saturated heterocycles. The molecule has 29 heavy (non-hydrogen) atoms. The van der Waals surface area contributed by atoms with Crippen LogP contribution in [0.1, 0.15) is 29.8 Å². The third-order valence-corrected chi connectivity index (χ3v) is 4.51. The van der Waals surface area contributed by atoms with Gasteiger partial charge in [-0.15, -0.1) is 0 Å². The van der Waals surface area contributed by atoms with Crippen LogP contribution in [0.3, 0.4) is 0 Å². The number of carbonyl (C=O) groups is 2. The van der Waals surface area contributed by atoms with E-state index in [1.165, 1.54) is 4.90 Å². The monoisotopic (exact) mass is 395 g/mol. The van der Waals surface area contributed by atoms with E-state index in [4.69, 9.17) is 14.2 Å². The number of ether oxygens (including phenoxy) is 3. The van der Waals surface area contributed by atoms with Gasteiger partial charge in [-0.1, -0.05) is 18.2 Å². The Labute approximate surface area is 170 Å². The fourth-order valence-electron chi connectivity index (χ4n) is 3.07. The SMILES string of the molecule is CCOc1cc(/C=C2\COc3ccccc3C2=O)ccc1O[C@@H](C)C(=O)N(C)C. The average Bonchev–Trinajstić information content (AvgIpc) is 2.71. The molecule has 1 aliphatic heterocycles. The maximum absolute atomic E-state index is 12.7. The van der Waals surface area contributed by atoms with Crippen LogP contribution in [-0.2, 0) is 4.79 Å². The molecule has 0 unspecified atom stereocenters. The van der Waals surface area contributed by atoms with Crippen molar-refractivity contribution in [1.29, 1.82) is 0 Å². The molecule has 0 aliphatic carbocycles. The molecule has 1 atom stereocenters. The van der Waals surface area contributed by atoms with Gasteiger partial charge in [0.1, 0.15) is 12.4 Å². The topological polar surface area (TPSA) is 65.1 Å². The second-order valence-electron chi connectivity index (χ2n) is 6.92. The number of carbonyl (C=O) groups excluding carboxylic acids is 2. The molecule has 1 aliphatic rings. The predicted octanol–water partition coefficient (Wildman–Crippen LogP) is 3.60. The molecule has 2 aromatic carbocycles. The lowest BCUT2D eigenvalue weighted by molar-refractivity contribution is -0.135. The first kappa shape index (κ1) is 20.5. The van der Waals surface area contributed by atoms with Crippen molar-refractivity contribution in [2.75, 3.05) is 27.3 Å². The minimum atomic E-state index is -0.641. The van der Waals surface area contributed by atoms with Crippen molar-refractivity contribution in [2.45, 2.75) is 20.0 Å². The highest BCUT2D eigenvalue weighted by atomic mass is 16.5. The van der Waals surface area contributed by atoms with E-state index in [1.54, 1.807) is 51.4 Å². The molecule has 0 aromatic heterocycles. The number of benzene rings is 2. The summed E-state index contributed by atoms with van der Waals surface area (Å²) in [5.74, 6) is 1.42. The largest absolute Gasteiger partial charge is 0.490 e. The summed E-state index contributed by atoms with van der Waals surface area (Å²) in [5, 5.41) is 0. The van der Waals surface area contributed by atoms with Gasteiger partial charge in [0.15, 0.2) is 23.4 Å². The van der Waals surface area contributed by atoms with Crippen LogP contribution in [0.25, 0.3) is 6.08 Å². The second kappa shape index (κ2) is 8.82. The molecule has 2 aromatic rings. The first-order valence-electron chi connectivity index (χ1n) is 9.52. The molecule has 1 heterocycles. The highest BCUT2D eigenvalue weighted by Crippen LogP contribution is 2.32. The fourth-order valence-corrected chi connectivity index (χ4v) is 3.07. The molecule has 0 N–H and O–H groups in total. The van der Waals surface area contributed by atoms with Crippen LogP contribution < -0.4 is 14.2 Å². The Morgan fingerprint density at radius 1 is 1.21 bits per heavy atom. The highest BCUT2D eigenvalue weighted by molar-refractivity contribution is 6.14. The Morgan fingerprint density at radius 3 is 2.69 bits per heavy atom. The van der Waals surface area contributed by atoms with Gasteiger partial charge in [0, 0.05) is 19.7 Å². The Balaban J connectivity index is 1.86. The van der Waals surface area contributed by atoms with Gasteiger partial charge in [-0.05, 0) is 49.8 Å². The lowest BCUT2D eigenvalue weighted by atomic mass is 9.98. The van der Waals surface area contributed by atoms with Gasteiger partial charge in [-0.3, -0.25) is 9.59 Å². The van der Waals surface area contributed by atoms with Gasteiger partial charge in [-0.2, -0.15) is 0 Å². The molecule has 152 valence electrons. The lowest BCUT2D eigenvalue weighted by Crippen LogP contribution is -2.35. The molecular formula is C23H25NO5. The molecule has 6 nitrogen and oxygen atoms in total. The van der Waals surface area contributed by atoms with Gasteiger partial charge in [-0.25, -0.2) is 0 Å². The standard InChI is InChI=1S/C23H25NO5/c1-5-27-21-13-16(10-11-20(21)29-15(2)23(26)24(3)4)12-17-14-28-19-9-7-6-8-18(19)22(17)25/h6-13,15H,5,14H2,1-4H3/b17-12+/t15-/m0/s1. The van der Waals surface area contributed by atoms with Crippen molar-refractivity contribution in [3.05, 3.63) is 59.2 Å². The van der Waals surface area contributed by atoms with E-state index in [0.29, 0.717) is 35.0 Å². The van der Waals surface area contributed by atoms with Crippen molar-refractivity contribution >= 4 is 17.8 Å². The van der Waals surface area contributed by atoms with Crippen molar-refractivity contribution in [1.82, 2.24) is 4.90 Å². The van der Waals surface area contributed by atoms with E-state index in [1.807, 2.05) is 25.1 Å². The zero-order valence-corrected chi connectivity index (χ0v) is 17.1. The van der Waals surface area contributed by atoms with Gasteiger partial charge in [0.25, 0.3) is 5.91 Å². The number of hydrogen-bond acceptors (Lipinski definition) is 5. The van der Waals surface area contributed by atoms with Crippen LogP contribution in [0, 0.1) is 0 Å². The Morgan fingerprint density at radius 2 is 1.97 bits per heavy atom. The van der Waals surface area contributed by atoms with Gasteiger partial charge in [0.2, 0.25) is 0 Å². The van der Waals surface area contributed by atoms with Gasteiger partial charge < -0.3 is 19.1 Å². The average molecular weight is 395 g/mol. The molecule has 0 fully saturated rings. The number of nitrogens with zero attached hydrogens (tertiary/aromatic N) is 1. The number of likely N-dealkylation sites (N-methyl/N-ethyl adjacent to an activating group) is 1. The Bertz CT molecular complexity index is 948. The molecule has 0 spiro atoms. The summed E-state index contributed by atoms with van der Waals surface area (Å²) in [4.78, 5) is 26.3. The molecule has 0 saturated carbocycles. The summed E-state index contributed by atoms with van der Waals surface area (Å²) < 4.78 is 17.2. The second-order valence-corrected chi connectivity index (χ2v) is 6.92. The van der Waals surface area contributed by atoms with Crippen LogP contribution in [0.2, 0.25) is 0 Å². The normalized spacial score (nSPS) is 15.3. The molecule has 1 amide bonds. The Hall–Kier alpha value is -3.28. The summed E-state index contributed by atoms with van der Waals surface area (Å²) in [5.41, 5.74) is 1.92. The van der Waals surface area contributed by atoms with E-state index in [0.717, 1.165) is 5.56 Å². The minimum Gasteiger partial charge on any atom is -0.490 e. The van der Waals surface area contributed by atoms with E-state index in [2.05, 4.69) is 0 Å². The first-order chi connectivity index (χ1) is 13.9. The Kier molecular flexibility index (Phi) is 6.22. The summed E-state index contributed by atoms with van der Waals surface area (Å²) in [6.45, 7) is 4.23. The molecule has 0 radical (unpaired) electrons. The predicted molar refractivity (Wildman–Crippen MR) is 111 cm³/mol. The molecule has 6 heteroatoms. The third kappa shape index (κ3) is 4.59. The zero-order chi connectivity index (χ0) is 21.0. The minimum absolute atomic E-state index is 0.0460. The summed E-state index contributed by atoms with van der Waals surface area (Å²) in [6.07, 6.45) is 1.15. The maximum Gasteiger partial charge on any atom is 0.262 e. The van der Waals surface area contributed by atoms with Gasteiger partial charge >= 0.3 is 0 Å². The summed E-state index contributed by atoms with van der Waals surface area (Å²) in [7, 11) is 3.37. The van der Waals surface area contributed by atoms with E-state index in [-0.39, 0.29) is 18.3 Å². The van der Waals surface area contributed by atoms with Crippen LogP contribution in [0.15, 0.2) is 48.0 Å². The zero-order valence-electron chi connectivity index (χ0n) is 17.1. The molecule has 3 rings (SSSR count). The third-order valence-electron chi connectivity index (χ3n) is 4.51. The van der Waals surface area contributed by atoms with Crippen molar-refractivity contribution in [2.24, 2.45) is 0 Å². The fraction of sp³-hybridized carbons (Fsp3) is 0.304. The van der Waals surface area contributed by atoms with Crippen molar-refractivity contribution < 1.29 is 23.8 Å². The first-order valence-corrected chi connectivity index (χ1v) is 9.52. The van der Waals surface area contributed by atoms with Crippen molar-refractivity contribution in [3.8, 4) is 17.2 Å². The van der Waals surface area contributed by atoms with Crippen molar-refractivity contribution in [3.63, 3.8) is 0 Å². The van der Waals surface area contributed by atoms with Gasteiger partial charge in [0.05, 0.1) is 12.2 Å². The number of Topliss-reactive ketones (excluding diaryl/α,β-unsaturated/α-hetero) is 1. The van der Waals surface area contributed by atoms with Crippen LogP contribution in [0.4, 0.5) is 0 Å². The smallest absolute Gasteiger partial charge is 0.262 e. The summed E-state index contributed by atoms with van der Waals surface area (Å²) >= 11 is 0. The number of fused-ring (bicyclic) bond motifs is 1. The molecule has 0 bridgehead atoms. The summed E-state index contributed by atoms with van der Waals surface area (Å²) in [6, 6.07) is 12.6. The number of para-hydroxylation sites is 1. The number of ketones is 1. The van der Waals surface area contributed by atoms with Crippen LogP contribution in [-0.4, -0.2) is 50.0 Å². The van der Waals surface area contributed by atoms with Crippen LogP contribution >= 0.6 is 0 Å². The quantitative estimate of drug-likeness (QED) is 0.700. The van der Waals surface area contributed by atoms with Crippen LogP contribution in [0.5, 0.6) is 17.2 Å². The number of amides is 1. The highest BCUT2D eigenvalue weighted by Gasteiger charge is 2.23. The van der Waals surface area contributed by atoms with E-state index < -0.39 is 6.10 Å².